The molecule has 0 fully saturated rings. The molecule has 1 aliphatic carbocycles. The van der Waals surface area contributed by atoms with E-state index < -0.39 is 0 Å². The van der Waals surface area contributed by atoms with Crippen LogP contribution in [0.5, 0.6) is 0 Å². The highest BCUT2D eigenvalue weighted by Crippen LogP contribution is 2.19. The molecule has 0 bridgehead atoms. The van der Waals surface area contributed by atoms with Crippen molar-refractivity contribution in [3.63, 3.8) is 0 Å². The maximum atomic E-state index is 11.2. The molecule has 0 aromatic rings. The van der Waals surface area contributed by atoms with Gasteiger partial charge in [0.15, 0.2) is 0 Å². The fraction of sp³-hybridized carbons (Fsp3) is 0.364. The van der Waals surface area contributed by atoms with E-state index in [2.05, 4.69) is 15.9 Å². The molecule has 0 saturated heterocycles. The van der Waals surface area contributed by atoms with E-state index in [1.807, 2.05) is 31.2 Å². The number of ketones is 1. The van der Waals surface area contributed by atoms with E-state index in [-0.39, 0.29) is 0 Å². The number of hydrogen-bond acceptors (Lipinski definition) is 1. The topological polar surface area (TPSA) is 17.1 Å². The smallest absolute Gasteiger partial charge is 0.136 e. The molecule has 0 unspecified atom stereocenters. The van der Waals surface area contributed by atoms with Crippen LogP contribution in [-0.2, 0) is 4.79 Å². The third-order valence-corrected chi connectivity index (χ3v) is 2.96. The summed E-state index contributed by atoms with van der Waals surface area (Å²) in [6, 6.07) is 0. The zero-order valence-corrected chi connectivity index (χ0v) is 9.30. The van der Waals surface area contributed by atoms with Crippen molar-refractivity contribution < 1.29 is 4.79 Å². The van der Waals surface area contributed by atoms with Crippen LogP contribution < -0.4 is 0 Å². The molecule has 0 saturated carbocycles. The Morgan fingerprint density at radius 2 is 2.08 bits per heavy atom. The monoisotopic (exact) mass is 240 g/mol. The van der Waals surface area contributed by atoms with Gasteiger partial charge in [0.2, 0.25) is 0 Å². The molecule has 0 N–H and O–H groups in total. The highest BCUT2D eigenvalue weighted by Gasteiger charge is 2.02. The molecule has 70 valence electrons. The summed E-state index contributed by atoms with van der Waals surface area (Å²) >= 11 is 3.47. The number of halogens is 1. The minimum Gasteiger partial charge on any atom is -0.299 e. The third-order valence-electron chi connectivity index (χ3n) is 2.02. The van der Waals surface area contributed by atoms with Gasteiger partial charge in [-0.15, -0.1) is 0 Å². The number of carbonyl (C=O) groups is 1. The van der Waals surface area contributed by atoms with Crippen molar-refractivity contribution in [2.75, 3.05) is 0 Å². The predicted octanol–water partition coefficient (Wildman–Crippen LogP) is 3.52. The number of carbonyl (C=O) groups excluding carboxylic acids is 1. The third kappa shape index (κ3) is 3.73. The van der Waals surface area contributed by atoms with Crippen molar-refractivity contribution in [3.05, 3.63) is 34.4 Å². The fourth-order valence-electron chi connectivity index (χ4n) is 1.11. The molecule has 0 radical (unpaired) electrons. The largest absolute Gasteiger partial charge is 0.299 e. The van der Waals surface area contributed by atoms with Crippen LogP contribution >= 0.6 is 15.9 Å². The van der Waals surface area contributed by atoms with Crippen molar-refractivity contribution >= 4 is 21.7 Å². The molecule has 0 heterocycles. The van der Waals surface area contributed by atoms with Gasteiger partial charge in [0.1, 0.15) is 5.78 Å². The molecule has 13 heavy (non-hydrogen) atoms. The summed E-state index contributed by atoms with van der Waals surface area (Å²) in [5, 5.41) is 0. The van der Waals surface area contributed by atoms with E-state index >= 15 is 0 Å². The predicted molar refractivity (Wildman–Crippen MR) is 58.8 cm³/mol. The Balaban J connectivity index is 2.80. The molecule has 1 nitrogen and oxygen atoms in total. The molecule has 2 heteroatoms. The van der Waals surface area contributed by atoms with Gasteiger partial charge in [-0.1, -0.05) is 39.7 Å². The van der Waals surface area contributed by atoms with Gasteiger partial charge < -0.3 is 0 Å². The molecule has 0 aliphatic heterocycles. The van der Waals surface area contributed by atoms with E-state index in [4.69, 9.17) is 0 Å². The van der Waals surface area contributed by atoms with Crippen LogP contribution in [0.4, 0.5) is 0 Å². The van der Waals surface area contributed by atoms with Crippen LogP contribution in [0.25, 0.3) is 0 Å². The van der Waals surface area contributed by atoms with Crippen molar-refractivity contribution in [2.24, 2.45) is 0 Å². The zero-order valence-electron chi connectivity index (χ0n) is 7.72. The lowest BCUT2D eigenvalue weighted by molar-refractivity contribution is -0.118. The first kappa shape index (κ1) is 10.5. The van der Waals surface area contributed by atoms with Crippen LogP contribution in [0.3, 0.4) is 0 Å². The first-order valence-electron chi connectivity index (χ1n) is 4.40. The maximum absolute atomic E-state index is 11.2. The Morgan fingerprint density at radius 1 is 1.31 bits per heavy atom. The van der Waals surface area contributed by atoms with Crippen molar-refractivity contribution in [3.8, 4) is 0 Å². The van der Waals surface area contributed by atoms with E-state index in [1.165, 1.54) is 5.57 Å². The standard InChI is InChI=1S/C11H13BrO/c1-9-7-8-10(13)5-3-2-4-6-11(9)12/h2-4,6H,5,7-8H2,1H3/b3-2+,6-4-,11-9-. The Hall–Kier alpha value is -0.630. The minimum absolute atomic E-state index is 0.311. The summed E-state index contributed by atoms with van der Waals surface area (Å²) in [4.78, 5) is 11.2. The Bertz CT molecular complexity index is 284. The fourth-order valence-corrected chi connectivity index (χ4v) is 1.46. The molecule has 0 atom stereocenters. The zero-order chi connectivity index (χ0) is 9.68. The summed E-state index contributed by atoms with van der Waals surface area (Å²) < 4.78 is 1.09. The summed E-state index contributed by atoms with van der Waals surface area (Å²) in [5.41, 5.74) is 1.24. The summed E-state index contributed by atoms with van der Waals surface area (Å²) in [7, 11) is 0. The molecule has 1 rings (SSSR count). The van der Waals surface area contributed by atoms with Gasteiger partial charge in [0, 0.05) is 17.3 Å². The number of rotatable bonds is 0. The van der Waals surface area contributed by atoms with Crippen LogP contribution in [0, 0.1) is 0 Å². The highest BCUT2D eigenvalue weighted by atomic mass is 79.9. The van der Waals surface area contributed by atoms with E-state index in [0.717, 1.165) is 10.9 Å². The Morgan fingerprint density at radius 3 is 2.85 bits per heavy atom. The summed E-state index contributed by atoms with van der Waals surface area (Å²) in [5.74, 6) is 0.311. The molecule has 0 amide bonds. The lowest BCUT2D eigenvalue weighted by Gasteiger charge is -2.02. The number of Topliss-reactive ketones (excluding diaryl/α,β-unsaturated/α-hetero) is 1. The van der Waals surface area contributed by atoms with Gasteiger partial charge >= 0.3 is 0 Å². The average Bonchev–Trinajstić information content (AvgIpc) is 2.12. The summed E-state index contributed by atoms with van der Waals surface area (Å²) in [6.45, 7) is 2.05. The van der Waals surface area contributed by atoms with Crippen LogP contribution in [-0.4, -0.2) is 5.78 Å². The molecular weight excluding hydrogens is 228 g/mol. The SMILES string of the molecule is C\C1=C(Br)/C=C\C=C\CC(=O)CC1. The second-order valence-electron chi connectivity index (χ2n) is 3.16. The first-order valence-corrected chi connectivity index (χ1v) is 5.19. The van der Waals surface area contributed by atoms with Gasteiger partial charge in [-0.3, -0.25) is 4.79 Å². The van der Waals surface area contributed by atoms with E-state index in [9.17, 15) is 4.79 Å². The van der Waals surface area contributed by atoms with Gasteiger partial charge in [-0.05, 0) is 19.4 Å². The van der Waals surface area contributed by atoms with Gasteiger partial charge in [-0.2, -0.15) is 0 Å². The van der Waals surface area contributed by atoms with Crippen molar-refractivity contribution in [1.29, 1.82) is 0 Å². The van der Waals surface area contributed by atoms with E-state index in [1.54, 1.807) is 0 Å². The number of hydrogen-bond donors (Lipinski definition) is 0. The van der Waals surface area contributed by atoms with Crippen molar-refractivity contribution in [1.82, 2.24) is 0 Å². The first-order chi connectivity index (χ1) is 6.20. The Kier molecular flexibility index (Phi) is 4.16. The minimum atomic E-state index is 0.311. The average molecular weight is 241 g/mol. The molecule has 0 aromatic carbocycles. The lowest BCUT2D eigenvalue weighted by Crippen LogP contribution is -1.96. The second-order valence-corrected chi connectivity index (χ2v) is 4.01. The van der Waals surface area contributed by atoms with E-state index in [0.29, 0.717) is 18.6 Å². The lowest BCUT2D eigenvalue weighted by atomic mass is 10.1. The van der Waals surface area contributed by atoms with Gasteiger partial charge in [0.05, 0.1) is 0 Å². The quantitative estimate of drug-likeness (QED) is 0.634. The maximum Gasteiger partial charge on any atom is 0.136 e. The number of allylic oxidation sites excluding steroid dienone is 6. The molecule has 1 aliphatic rings. The van der Waals surface area contributed by atoms with Crippen LogP contribution in [0.1, 0.15) is 26.2 Å². The second kappa shape index (κ2) is 5.18. The summed E-state index contributed by atoms with van der Waals surface area (Å²) in [6.07, 6.45) is 9.86. The Labute approximate surface area is 87.3 Å². The normalized spacial score (nSPS) is 29.8. The molecular formula is C11H13BrO. The highest BCUT2D eigenvalue weighted by molar-refractivity contribution is 9.11. The van der Waals surface area contributed by atoms with Crippen LogP contribution in [0.15, 0.2) is 34.4 Å². The molecule has 0 aromatic heterocycles. The van der Waals surface area contributed by atoms with Gasteiger partial charge in [-0.25, -0.2) is 0 Å². The van der Waals surface area contributed by atoms with Gasteiger partial charge in [0.25, 0.3) is 0 Å². The van der Waals surface area contributed by atoms with Crippen molar-refractivity contribution in [2.45, 2.75) is 26.2 Å². The molecule has 0 spiro atoms. The van der Waals surface area contributed by atoms with Crippen LogP contribution in [0.2, 0.25) is 0 Å².